The zero-order chi connectivity index (χ0) is 29.6. The summed E-state index contributed by atoms with van der Waals surface area (Å²) in [6, 6.07) is 10.5. The SMILES string of the molecule is COc1ccc(CN2CCN(c3ccc(-c4nc(/C(C=N)=C/NC5CCOCC5)cn5ncc(C#N)c45)cn3)CC2)cn1. The average molecular weight is 579 g/mol. The van der Waals surface area contributed by atoms with Gasteiger partial charge in [0.15, 0.2) is 0 Å². The number of anilines is 1. The third-order valence-corrected chi connectivity index (χ3v) is 7.89. The molecule has 0 spiro atoms. The first-order valence-electron chi connectivity index (χ1n) is 14.4. The Morgan fingerprint density at radius 3 is 2.63 bits per heavy atom. The van der Waals surface area contributed by atoms with Crippen molar-refractivity contribution in [3.8, 4) is 23.2 Å². The first kappa shape index (κ1) is 28.3. The maximum atomic E-state index is 9.77. The molecule has 2 fully saturated rings. The number of methoxy groups -OCH3 is 1. The van der Waals surface area contributed by atoms with Crippen LogP contribution in [0.2, 0.25) is 0 Å². The number of fused-ring (bicyclic) bond motifs is 1. The maximum absolute atomic E-state index is 9.77. The largest absolute Gasteiger partial charge is 0.481 e. The van der Waals surface area contributed by atoms with E-state index in [0.717, 1.165) is 75.7 Å². The number of allylic oxidation sites excluding steroid dienone is 1. The highest BCUT2D eigenvalue weighted by Gasteiger charge is 2.20. The molecule has 0 atom stereocenters. The van der Waals surface area contributed by atoms with E-state index >= 15 is 0 Å². The predicted octanol–water partition coefficient (Wildman–Crippen LogP) is 3.15. The third kappa shape index (κ3) is 6.33. The van der Waals surface area contributed by atoms with E-state index in [4.69, 9.17) is 24.9 Å². The number of piperazine rings is 1. The summed E-state index contributed by atoms with van der Waals surface area (Å²) in [6.07, 6.45) is 11.9. The molecule has 0 bridgehead atoms. The molecule has 2 saturated heterocycles. The molecule has 2 aliphatic rings. The molecule has 6 rings (SSSR count). The predicted molar refractivity (Wildman–Crippen MR) is 163 cm³/mol. The van der Waals surface area contributed by atoms with Crippen molar-refractivity contribution in [3.05, 3.63) is 72.1 Å². The summed E-state index contributed by atoms with van der Waals surface area (Å²) in [4.78, 5) is 18.7. The van der Waals surface area contributed by atoms with Gasteiger partial charge >= 0.3 is 0 Å². The Bertz CT molecular complexity index is 1630. The fourth-order valence-corrected chi connectivity index (χ4v) is 5.43. The first-order valence-corrected chi connectivity index (χ1v) is 14.4. The van der Waals surface area contributed by atoms with Crippen molar-refractivity contribution in [3.63, 3.8) is 0 Å². The third-order valence-electron chi connectivity index (χ3n) is 7.89. The van der Waals surface area contributed by atoms with E-state index in [0.29, 0.717) is 40.0 Å². The molecular weight excluding hydrogens is 544 g/mol. The molecule has 0 aromatic carbocycles. The molecule has 2 aliphatic heterocycles. The second kappa shape index (κ2) is 13.0. The van der Waals surface area contributed by atoms with Crippen LogP contribution >= 0.6 is 0 Å². The Labute approximate surface area is 250 Å². The number of nitrogens with zero attached hydrogens (tertiary/aromatic N) is 8. The molecule has 12 nitrogen and oxygen atoms in total. The molecule has 0 saturated carbocycles. The van der Waals surface area contributed by atoms with Gasteiger partial charge in [-0.2, -0.15) is 10.4 Å². The highest BCUT2D eigenvalue weighted by molar-refractivity contribution is 6.07. The minimum absolute atomic E-state index is 0.292. The van der Waals surface area contributed by atoms with Gasteiger partial charge < -0.3 is 25.1 Å². The van der Waals surface area contributed by atoms with E-state index in [1.165, 1.54) is 6.21 Å². The van der Waals surface area contributed by atoms with Crippen molar-refractivity contribution >= 4 is 23.1 Å². The molecule has 0 unspecified atom stereocenters. The molecule has 12 heteroatoms. The molecule has 220 valence electrons. The topological polar surface area (TPSA) is 141 Å². The van der Waals surface area contributed by atoms with Crippen molar-refractivity contribution < 1.29 is 9.47 Å². The summed E-state index contributed by atoms with van der Waals surface area (Å²) in [6.45, 7) is 5.86. The highest BCUT2D eigenvalue weighted by Crippen LogP contribution is 2.28. The Morgan fingerprint density at radius 1 is 1.12 bits per heavy atom. The lowest BCUT2D eigenvalue weighted by Crippen LogP contribution is -2.46. The number of hydrogen-bond acceptors (Lipinski definition) is 11. The Morgan fingerprint density at radius 2 is 1.95 bits per heavy atom. The van der Waals surface area contributed by atoms with Crippen molar-refractivity contribution in [2.45, 2.75) is 25.4 Å². The van der Waals surface area contributed by atoms with Crippen molar-refractivity contribution in [2.75, 3.05) is 51.4 Å². The summed E-state index contributed by atoms with van der Waals surface area (Å²) >= 11 is 0. The summed E-state index contributed by atoms with van der Waals surface area (Å²) < 4.78 is 12.3. The number of nitrogens with one attached hydrogen (secondary N) is 2. The molecular formula is C31H34N10O2. The van der Waals surface area contributed by atoms with Gasteiger partial charge in [-0.15, -0.1) is 0 Å². The molecule has 43 heavy (non-hydrogen) atoms. The second-order valence-corrected chi connectivity index (χ2v) is 10.6. The molecule has 4 aromatic heterocycles. The highest BCUT2D eigenvalue weighted by atomic mass is 16.5. The first-order chi connectivity index (χ1) is 21.1. The number of pyridine rings is 2. The average Bonchev–Trinajstić information content (AvgIpc) is 3.49. The van der Waals surface area contributed by atoms with E-state index in [9.17, 15) is 5.26 Å². The number of ether oxygens (including phenoxy) is 2. The van der Waals surface area contributed by atoms with Crippen LogP contribution in [0.15, 0.2) is 55.3 Å². The fraction of sp³-hybridized carbons (Fsp3) is 0.355. The van der Waals surface area contributed by atoms with Gasteiger partial charge in [0, 0.05) is 94.0 Å². The number of nitriles is 1. The molecule has 4 aromatic rings. The summed E-state index contributed by atoms with van der Waals surface area (Å²) in [5.41, 5.74) is 4.79. The number of rotatable bonds is 9. The van der Waals surface area contributed by atoms with Crippen LogP contribution in [0, 0.1) is 16.7 Å². The van der Waals surface area contributed by atoms with Crippen LogP contribution in [-0.2, 0) is 11.3 Å². The van der Waals surface area contributed by atoms with E-state index in [-0.39, 0.29) is 0 Å². The van der Waals surface area contributed by atoms with Crippen LogP contribution in [0.25, 0.3) is 22.3 Å². The van der Waals surface area contributed by atoms with Crippen molar-refractivity contribution in [2.24, 2.45) is 0 Å². The monoisotopic (exact) mass is 578 g/mol. The van der Waals surface area contributed by atoms with E-state index in [1.807, 2.05) is 30.6 Å². The van der Waals surface area contributed by atoms with Gasteiger partial charge in [0.05, 0.1) is 30.9 Å². The van der Waals surface area contributed by atoms with Gasteiger partial charge in [0.25, 0.3) is 0 Å². The number of aromatic nitrogens is 5. The van der Waals surface area contributed by atoms with Crippen LogP contribution in [0.4, 0.5) is 5.82 Å². The molecule has 6 heterocycles. The van der Waals surface area contributed by atoms with E-state index < -0.39 is 0 Å². The van der Waals surface area contributed by atoms with Crippen molar-refractivity contribution in [1.29, 1.82) is 10.7 Å². The normalized spacial score (nSPS) is 16.7. The molecule has 0 aliphatic carbocycles. The zero-order valence-electron chi connectivity index (χ0n) is 24.1. The Hall–Kier alpha value is -4.86. The van der Waals surface area contributed by atoms with Gasteiger partial charge in [-0.25, -0.2) is 19.5 Å². The van der Waals surface area contributed by atoms with E-state index in [1.54, 1.807) is 30.2 Å². The summed E-state index contributed by atoms with van der Waals surface area (Å²) in [5.74, 6) is 1.52. The lowest BCUT2D eigenvalue weighted by Gasteiger charge is -2.35. The van der Waals surface area contributed by atoms with Crippen LogP contribution in [0.5, 0.6) is 5.88 Å². The van der Waals surface area contributed by atoms with Gasteiger partial charge in [0.2, 0.25) is 5.88 Å². The van der Waals surface area contributed by atoms with Gasteiger partial charge in [-0.1, -0.05) is 6.07 Å². The zero-order valence-corrected chi connectivity index (χ0v) is 24.1. The fourth-order valence-electron chi connectivity index (χ4n) is 5.43. The Kier molecular flexibility index (Phi) is 8.53. The standard InChI is InChI=1S/C31H34N10O2/c1-42-29-5-2-22(16-36-29)20-39-8-10-40(11-9-39)28-4-3-23(17-35-28)30-31-25(15-33)19-37-41(31)21-27(38-30)24(14-32)18-34-26-6-12-43-13-7-26/h2-5,14,16-19,21,26,32,34H,6-13,20H2,1H3/b24-18+,32-14?. The quantitative estimate of drug-likeness (QED) is 0.285. The minimum atomic E-state index is 0.292. The lowest BCUT2D eigenvalue weighted by molar-refractivity contribution is 0.0812. The molecule has 0 radical (unpaired) electrons. The summed E-state index contributed by atoms with van der Waals surface area (Å²) in [5, 5.41) is 25.7. The number of hydrogen-bond donors (Lipinski definition) is 2. The van der Waals surface area contributed by atoms with Crippen LogP contribution < -0.4 is 15.0 Å². The molecule has 0 amide bonds. The summed E-state index contributed by atoms with van der Waals surface area (Å²) in [7, 11) is 1.62. The van der Waals surface area contributed by atoms with Gasteiger partial charge in [0.1, 0.15) is 23.0 Å². The minimum Gasteiger partial charge on any atom is -0.481 e. The van der Waals surface area contributed by atoms with Crippen molar-refractivity contribution in [1.82, 2.24) is 34.8 Å². The van der Waals surface area contributed by atoms with Crippen LogP contribution in [-0.4, -0.2) is 88.2 Å². The lowest BCUT2D eigenvalue weighted by atomic mass is 10.1. The maximum Gasteiger partial charge on any atom is 0.212 e. The van der Waals surface area contributed by atoms with Gasteiger partial charge in [-0.3, -0.25) is 4.90 Å². The van der Waals surface area contributed by atoms with Gasteiger partial charge in [-0.05, 0) is 30.5 Å². The second-order valence-electron chi connectivity index (χ2n) is 10.6. The molecule has 2 N–H and O–H groups in total. The van der Waals surface area contributed by atoms with Crippen LogP contribution in [0.3, 0.4) is 0 Å². The smallest absolute Gasteiger partial charge is 0.212 e. The van der Waals surface area contributed by atoms with Crippen LogP contribution in [0.1, 0.15) is 29.7 Å². The Balaban J connectivity index is 1.19. The van der Waals surface area contributed by atoms with E-state index in [2.05, 4.69) is 37.3 Å².